The van der Waals surface area contributed by atoms with Crippen molar-refractivity contribution in [3.8, 4) is 0 Å². The Morgan fingerprint density at radius 2 is 2.32 bits per heavy atom. The van der Waals surface area contributed by atoms with Gasteiger partial charge in [-0.25, -0.2) is 0 Å². The summed E-state index contributed by atoms with van der Waals surface area (Å²) in [4.78, 5) is 2.43. The maximum Gasteiger partial charge on any atom is 0.0860 e. The molecule has 0 aliphatic carbocycles. The van der Waals surface area contributed by atoms with Crippen LogP contribution in [0.1, 0.15) is 18.3 Å². The van der Waals surface area contributed by atoms with Crippen LogP contribution in [0.4, 0.5) is 0 Å². The first-order chi connectivity index (χ1) is 9.13. The number of aryl methyl sites for hydroxylation is 2. The van der Waals surface area contributed by atoms with Gasteiger partial charge < -0.3 is 10.1 Å². The summed E-state index contributed by atoms with van der Waals surface area (Å²) in [6.07, 6.45) is 0. The van der Waals surface area contributed by atoms with Crippen LogP contribution in [0.5, 0.6) is 0 Å². The van der Waals surface area contributed by atoms with Crippen molar-refractivity contribution in [2.75, 3.05) is 32.8 Å². The molecule has 1 aliphatic heterocycles. The number of halogens is 1. The predicted molar refractivity (Wildman–Crippen MR) is 76.5 cm³/mol. The lowest BCUT2D eigenvalue weighted by atomic mass is 10.2. The molecule has 1 atom stereocenters. The summed E-state index contributed by atoms with van der Waals surface area (Å²) in [5.41, 5.74) is 1.98. The molecule has 2 rings (SSSR count). The minimum atomic E-state index is 0.403. The largest absolute Gasteiger partial charge is 0.378 e. The van der Waals surface area contributed by atoms with Crippen molar-refractivity contribution in [1.82, 2.24) is 20.0 Å². The van der Waals surface area contributed by atoms with Crippen molar-refractivity contribution in [3.05, 3.63) is 16.4 Å². The zero-order valence-electron chi connectivity index (χ0n) is 11.9. The van der Waals surface area contributed by atoms with Gasteiger partial charge in [0.2, 0.25) is 0 Å². The van der Waals surface area contributed by atoms with Crippen molar-refractivity contribution >= 4 is 11.6 Å². The highest BCUT2D eigenvalue weighted by atomic mass is 35.5. The number of ether oxygens (including phenoxy) is 1. The second kappa shape index (κ2) is 6.70. The summed E-state index contributed by atoms with van der Waals surface area (Å²) >= 11 is 6.33. The van der Waals surface area contributed by atoms with Gasteiger partial charge in [0.1, 0.15) is 0 Å². The van der Waals surface area contributed by atoms with Crippen LogP contribution in [0.2, 0.25) is 5.02 Å². The number of likely N-dealkylation sites (N-methyl/N-ethyl adjacent to an activating group) is 1. The molecule has 1 saturated heterocycles. The van der Waals surface area contributed by atoms with Gasteiger partial charge in [0.05, 0.1) is 29.6 Å². The average Bonchev–Trinajstić information content (AvgIpc) is 2.64. The van der Waals surface area contributed by atoms with Crippen molar-refractivity contribution < 1.29 is 4.74 Å². The Bertz CT molecular complexity index is 421. The summed E-state index contributed by atoms with van der Waals surface area (Å²) in [6.45, 7) is 9.34. The van der Waals surface area contributed by atoms with Crippen LogP contribution < -0.4 is 5.32 Å². The van der Waals surface area contributed by atoms with Gasteiger partial charge in [-0.05, 0) is 13.5 Å². The number of nitrogens with one attached hydrogen (secondary N) is 1. The van der Waals surface area contributed by atoms with E-state index in [1.54, 1.807) is 0 Å². The summed E-state index contributed by atoms with van der Waals surface area (Å²) in [6, 6.07) is 0.403. The van der Waals surface area contributed by atoms with E-state index in [0.717, 1.165) is 55.8 Å². The van der Waals surface area contributed by atoms with Gasteiger partial charge >= 0.3 is 0 Å². The highest BCUT2D eigenvalue weighted by Crippen LogP contribution is 2.22. The molecule has 0 amide bonds. The highest BCUT2D eigenvalue weighted by molar-refractivity contribution is 6.31. The first-order valence-corrected chi connectivity index (χ1v) is 7.21. The van der Waals surface area contributed by atoms with E-state index in [1.165, 1.54) is 0 Å². The normalized spacial score (nSPS) is 20.9. The highest BCUT2D eigenvalue weighted by Gasteiger charge is 2.25. The van der Waals surface area contributed by atoms with E-state index in [1.807, 2.05) is 18.7 Å². The molecule has 1 aromatic rings. The molecule has 0 spiro atoms. The van der Waals surface area contributed by atoms with Crippen LogP contribution >= 0.6 is 11.6 Å². The van der Waals surface area contributed by atoms with Gasteiger partial charge in [-0.15, -0.1) is 0 Å². The minimum absolute atomic E-state index is 0.403. The lowest BCUT2D eigenvalue weighted by Gasteiger charge is -2.35. The van der Waals surface area contributed by atoms with Crippen LogP contribution in [-0.4, -0.2) is 53.6 Å². The molecule has 108 valence electrons. The summed E-state index contributed by atoms with van der Waals surface area (Å²) < 4.78 is 7.46. The van der Waals surface area contributed by atoms with E-state index in [4.69, 9.17) is 16.3 Å². The van der Waals surface area contributed by atoms with E-state index in [0.29, 0.717) is 6.04 Å². The van der Waals surface area contributed by atoms with Gasteiger partial charge in [-0.1, -0.05) is 18.5 Å². The quantitative estimate of drug-likeness (QED) is 0.883. The number of aromatic nitrogens is 2. The molecular weight excluding hydrogens is 264 g/mol. The Morgan fingerprint density at radius 3 is 2.95 bits per heavy atom. The van der Waals surface area contributed by atoms with Gasteiger partial charge in [-0.3, -0.25) is 9.58 Å². The van der Waals surface area contributed by atoms with E-state index >= 15 is 0 Å². The van der Waals surface area contributed by atoms with E-state index < -0.39 is 0 Å². The number of nitrogens with zero attached hydrogens (tertiary/aromatic N) is 3. The van der Waals surface area contributed by atoms with Gasteiger partial charge in [-0.2, -0.15) is 5.10 Å². The number of rotatable bonds is 5. The Morgan fingerprint density at radius 1 is 1.53 bits per heavy atom. The van der Waals surface area contributed by atoms with E-state index in [9.17, 15) is 0 Å². The molecule has 2 heterocycles. The van der Waals surface area contributed by atoms with Gasteiger partial charge in [0.25, 0.3) is 0 Å². The molecule has 5 nitrogen and oxygen atoms in total. The molecule has 1 aliphatic rings. The zero-order chi connectivity index (χ0) is 13.8. The molecule has 0 bridgehead atoms. The second-order valence-corrected chi connectivity index (χ2v) is 5.35. The number of morpholine rings is 1. The van der Waals surface area contributed by atoms with E-state index in [-0.39, 0.29) is 0 Å². The fourth-order valence-corrected chi connectivity index (χ4v) is 2.66. The Hall–Kier alpha value is -0.620. The fraction of sp³-hybridized carbons (Fsp3) is 0.769. The topological polar surface area (TPSA) is 42.3 Å². The molecule has 0 saturated carbocycles. The maximum absolute atomic E-state index is 6.33. The van der Waals surface area contributed by atoms with E-state index in [2.05, 4.69) is 22.2 Å². The third kappa shape index (κ3) is 3.48. The maximum atomic E-state index is 6.33. The first kappa shape index (κ1) is 14.8. The van der Waals surface area contributed by atoms with Crippen molar-refractivity contribution in [1.29, 1.82) is 0 Å². The van der Waals surface area contributed by atoms with Crippen molar-refractivity contribution in [2.45, 2.75) is 26.4 Å². The third-order valence-electron chi connectivity index (χ3n) is 3.59. The zero-order valence-corrected chi connectivity index (χ0v) is 12.7. The SMILES string of the molecule is CCNCC1COCCN1Cc1c(Cl)c(C)nn1C. The fourth-order valence-electron chi connectivity index (χ4n) is 2.44. The smallest absolute Gasteiger partial charge is 0.0860 e. The van der Waals surface area contributed by atoms with Crippen LogP contribution in [0.15, 0.2) is 0 Å². The van der Waals surface area contributed by atoms with Crippen LogP contribution in [-0.2, 0) is 18.3 Å². The Kier molecular flexibility index (Phi) is 5.21. The third-order valence-corrected chi connectivity index (χ3v) is 4.09. The lowest BCUT2D eigenvalue weighted by Crippen LogP contribution is -2.50. The monoisotopic (exact) mass is 286 g/mol. The average molecular weight is 287 g/mol. The molecule has 1 unspecified atom stereocenters. The first-order valence-electron chi connectivity index (χ1n) is 6.84. The van der Waals surface area contributed by atoms with Gasteiger partial charge in [0, 0.05) is 32.7 Å². The molecule has 6 heteroatoms. The molecule has 1 N–H and O–H groups in total. The Balaban J connectivity index is 2.06. The van der Waals surface area contributed by atoms with Gasteiger partial charge in [0.15, 0.2) is 0 Å². The lowest BCUT2D eigenvalue weighted by molar-refractivity contribution is -0.0117. The van der Waals surface area contributed by atoms with Crippen LogP contribution in [0, 0.1) is 6.92 Å². The number of hydrogen-bond acceptors (Lipinski definition) is 4. The van der Waals surface area contributed by atoms with Crippen molar-refractivity contribution in [2.24, 2.45) is 7.05 Å². The Labute approximate surface area is 119 Å². The van der Waals surface area contributed by atoms with Crippen LogP contribution in [0.25, 0.3) is 0 Å². The summed E-state index contributed by atoms with van der Waals surface area (Å²) in [5.74, 6) is 0. The van der Waals surface area contributed by atoms with Crippen LogP contribution in [0.3, 0.4) is 0 Å². The summed E-state index contributed by atoms with van der Waals surface area (Å²) in [7, 11) is 1.95. The molecule has 1 aromatic heterocycles. The molecule has 0 radical (unpaired) electrons. The van der Waals surface area contributed by atoms with Crippen molar-refractivity contribution in [3.63, 3.8) is 0 Å². The standard InChI is InChI=1S/C13H23ClN4O/c1-4-15-7-11-9-19-6-5-18(11)8-12-13(14)10(2)16-17(12)3/h11,15H,4-9H2,1-3H3. The molecule has 0 aromatic carbocycles. The summed E-state index contributed by atoms with van der Waals surface area (Å²) in [5, 5.41) is 8.55. The molecular formula is C13H23ClN4O. The molecule has 19 heavy (non-hydrogen) atoms. The predicted octanol–water partition coefficient (Wildman–Crippen LogP) is 1.19. The number of hydrogen-bond donors (Lipinski definition) is 1. The molecule has 1 fully saturated rings. The second-order valence-electron chi connectivity index (χ2n) is 4.98. The minimum Gasteiger partial charge on any atom is -0.378 e.